The highest BCUT2D eigenvalue weighted by Gasteiger charge is 2.32. The van der Waals surface area contributed by atoms with Gasteiger partial charge >= 0.3 is 0 Å². The van der Waals surface area contributed by atoms with Gasteiger partial charge in [-0.05, 0) is 154 Å². The third kappa shape index (κ3) is 7.88. The summed E-state index contributed by atoms with van der Waals surface area (Å²) in [5.74, 6) is 3.00. The van der Waals surface area contributed by atoms with Crippen LogP contribution in [0.4, 0.5) is 22.7 Å². The topological polar surface area (TPSA) is 119 Å². The van der Waals surface area contributed by atoms with Gasteiger partial charge in [-0.25, -0.2) is 19.6 Å². The van der Waals surface area contributed by atoms with Gasteiger partial charge in [-0.2, -0.15) is 0 Å². The summed E-state index contributed by atoms with van der Waals surface area (Å²) in [7, 11) is 1.50. The molecule has 0 saturated carbocycles. The molecule has 0 bridgehead atoms. The van der Waals surface area contributed by atoms with Gasteiger partial charge in [-0.3, -0.25) is 18.8 Å². The number of para-hydroxylation sites is 9. The summed E-state index contributed by atoms with van der Waals surface area (Å²) in [6.45, 7) is 6.60. The molecule has 4 aromatic heterocycles. The van der Waals surface area contributed by atoms with Crippen molar-refractivity contribution in [2.75, 3.05) is 16.8 Å². The van der Waals surface area contributed by atoms with Crippen molar-refractivity contribution in [2.45, 2.75) is 6.92 Å². The van der Waals surface area contributed by atoms with Crippen LogP contribution in [0.1, 0.15) is 12.6 Å². The first kappa shape index (κ1) is 45.1. The molecule has 12 heteroatoms. The van der Waals surface area contributed by atoms with Crippen molar-refractivity contribution >= 4 is 67.7 Å². The molecule has 5 heterocycles. The molecule has 0 atom stereocenters. The Morgan fingerprint density at radius 2 is 1.08 bits per heavy atom. The molecule has 0 aliphatic carbocycles. The standard InChI is InChI=1S/C61H45N11.CH5N/c1-3-4-6-17-45-40-67(53-22-11-9-20-51(53)63-41-62-45)46-36-38-50(39-37-46)72-60(44-30-34-48(35-31-44)69-42(2)68(47-18-7-5-8-19-47)55-24-13-14-25-56(55)69)65-59(66-72)43-28-32-49(33-29-43)70-57-26-15-16-27-58(57)71-54-23-12-10-21-52(54)64-61(70)71;1-2/h3-41H,2H2,1H3,(H,62,63);2H2,1H3/b4-3-,17-6-,45-40?;. The van der Waals surface area contributed by atoms with Crippen molar-refractivity contribution in [3.05, 3.63) is 249 Å². The lowest BCUT2D eigenvalue weighted by Crippen LogP contribution is -2.20. The average molecular weight is 963 g/mol. The van der Waals surface area contributed by atoms with Gasteiger partial charge in [-0.1, -0.05) is 91.5 Å². The number of fused-ring (bicyclic) bond motifs is 7. The van der Waals surface area contributed by atoms with Crippen molar-refractivity contribution in [2.24, 2.45) is 5.73 Å². The molecule has 0 amide bonds. The van der Waals surface area contributed by atoms with Gasteiger partial charge in [0.15, 0.2) is 11.6 Å². The summed E-state index contributed by atoms with van der Waals surface area (Å²) in [6.07, 6.45) is 11.9. The van der Waals surface area contributed by atoms with Gasteiger partial charge in [0.2, 0.25) is 5.78 Å². The van der Waals surface area contributed by atoms with E-state index >= 15 is 0 Å². The first-order valence-corrected chi connectivity index (χ1v) is 24.4. The number of nitrogens with two attached hydrogens (primary N) is 1. The minimum Gasteiger partial charge on any atom is -0.345 e. The summed E-state index contributed by atoms with van der Waals surface area (Å²) < 4.78 is 8.55. The molecule has 0 fully saturated rings. The molecule has 0 unspecified atom stereocenters. The SMILES string of the molecule is C=C1N(c2ccccc2)c2ccccc2N1c1ccc(-c2nc(-c3ccc(-n4c5ccccc5n5c6ccccc6nc45)cc3)nn2-c2ccc(-n3cc(/C=C\C=C/C)[nH]cnc4ccccc43)cc2)cc1.CN. The van der Waals surface area contributed by atoms with Gasteiger partial charge in [-0.15, -0.1) is 5.10 Å². The lowest BCUT2D eigenvalue weighted by Gasteiger charge is -2.24. The van der Waals surface area contributed by atoms with Crippen LogP contribution in [0, 0.1) is 0 Å². The number of aromatic amines is 1. The van der Waals surface area contributed by atoms with Crippen LogP contribution < -0.4 is 15.5 Å². The van der Waals surface area contributed by atoms with Crippen LogP contribution in [0.5, 0.6) is 0 Å². The Kier molecular flexibility index (Phi) is 11.8. The largest absolute Gasteiger partial charge is 0.345 e. The van der Waals surface area contributed by atoms with Gasteiger partial charge in [0.1, 0.15) is 5.82 Å². The minimum atomic E-state index is 0.598. The van der Waals surface area contributed by atoms with Crippen LogP contribution >= 0.6 is 0 Å². The summed E-state index contributed by atoms with van der Waals surface area (Å²) in [6, 6.07) is 69.0. The maximum Gasteiger partial charge on any atom is 0.220 e. The van der Waals surface area contributed by atoms with Gasteiger partial charge < -0.3 is 15.3 Å². The fraction of sp³-hybridized carbons (Fsp3) is 0.0323. The van der Waals surface area contributed by atoms with Gasteiger partial charge in [0, 0.05) is 40.1 Å². The average Bonchev–Trinajstić information content (AvgIpc) is 4.22. The molecular formula is C62H50N12. The van der Waals surface area contributed by atoms with E-state index in [1.165, 1.54) is 7.05 Å². The number of benzene rings is 8. The van der Waals surface area contributed by atoms with Crippen LogP contribution in [0.2, 0.25) is 0 Å². The predicted molar refractivity (Wildman–Crippen MR) is 302 cm³/mol. The maximum atomic E-state index is 5.32. The smallest absolute Gasteiger partial charge is 0.220 e. The molecule has 0 saturated heterocycles. The Morgan fingerprint density at radius 3 is 1.80 bits per heavy atom. The number of rotatable bonds is 9. The fourth-order valence-electron chi connectivity index (χ4n) is 9.83. The monoisotopic (exact) mass is 962 g/mol. The quantitative estimate of drug-likeness (QED) is 0.138. The van der Waals surface area contributed by atoms with Crippen LogP contribution in [0.3, 0.4) is 0 Å². The van der Waals surface area contributed by atoms with Crippen molar-refractivity contribution < 1.29 is 0 Å². The molecule has 12 aromatic rings. The lowest BCUT2D eigenvalue weighted by atomic mass is 10.1. The second-order valence-corrected chi connectivity index (χ2v) is 17.5. The molecule has 8 aromatic carbocycles. The van der Waals surface area contributed by atoms with E-state index in [9.17, 15) is 0 Å². The van der Waals surface area contributed by atoms with E-state index in [1.807, 2.05) is 66.2 Å². The fourth-order valence-corrected chi connectivity index (χ4v) is 9.83. The molecule has 0 radical (unpaired) electrons. The number of nitrogens with zero attached hydrogens (tertiary/aromatic N) is 10. The molecule has 13 rings (SSSR count). The van der Waals surface area contributed by atoms with E-state index in [1.54, 1.807) is 6.33 Å². The first-order chi connectivity index (χ1) is 36.6. The Balaban J connectivity index is 0.00000275. The highest BCUT2D eigenvalue weighted by atomic mass is 15.4. The summed E-state index contributed by atoms with van der Waals surface area (Å²) in [5.41, 5.74) is 20.1. The molecule has 74 heavy (non-hydrogen) atoms. The summed E-state index contributed by atoms with van der Waals surface area (Å²) in [5, 5.41) is 5.27. The highest BCUT2D eigenvalue weighted by Crippen LogP contribution is 2.49. The zero-order valence-electron chi connectivity index (χ0n) is 40.8. The number of aromatic nitrogens is 9. The number of hydrogen-bond acceptors (Lipinski definition) is 7. The number of H-pyrrole nitrogens is 1. The van der Waals surface area contributed by atoms with E-state index in [-0.39, 0.29) is 0 Å². The summed E-state index contributed by atoms with van der Waals surface area (Å²) in [4.78, 5) is 22.9. The van der Waals surface area contributed by atoms with Crippen LogP contribution in [0.15, 0.2) is 243 Å². The minimum absolute atomic E-state index is 0.598. The van der Waals surface area contributed by atoms with Crippen molar-refractivity contribution in [1.82, 2.24) is 43.3 Å². The molecule has 12 nitrogen and oxygen atoms in total. The van der Waals surface area contributed by atoms with Crippen LogP contribution in [-0.2, 0) is 0 Å². The van der Waals surface area contributed by atoms with E-state index < -0.39 is 0 Å². The number of imidazole rings is 2. The number of anilines is 4. The Hall–Kier alpha value is -10.0. The van der Waals surface area contributed by atoms with Crippen LogP contribution in [0.25, 0.3) is 84.8 Å². The van der Waals surface area contributed by atoms with E-state index in [0.717, 1.165) is 101 Å². The lowest BCUT2D eigenvalue weighted by molar-refractivity contribution is 0.889. The Labute approximate surface area is 427 Å². The highest BCUT2D eigenvalue weighted by molar-refractivity contribution is 5.94. The number of hydrogen-bond donors (Lipinski definition) is 2. The second-order valence-electron chi connectivity index (χ2n) is 17.5. The molecule has 3 N–H and O–H groups in total. The summed E-state index contributed by atoms with van der Waals surface area (Å²) >= 11 is 0. The molecule has 1 aliphatic heterocycles. The normalized spacial score (nSPS) is 12.4. The first-order valence-electron chi connectivity index (χ1n) is 24.4. The van der Waals surface area contributed by atoms with E-state index in [0.29, 0.717) is 11.6 Å². The molecular weight excluding hydrogens is 913 g/mol. The third-order valence-electron chi connectivity index (χ3n) is 13.2. The molecule has 358 valence electrons. The zero-order chi connectivity index (χ0) is 50.1. The van der Waals surface area contributed by atoms with Crippen molar-refractivity contribution in [3.63, 3.8) is 0 Å². The van der Waals surface area contributed by atoms with Gasteiger partial charge in [0.25, 0.3) is 0 Å². The van der Waals surface area contributed by atoms with Crippen molar-refractivity contribution in [1.29, 1.82) is 0 Å². The van der Waals surface area contributed by atoms with E-state index in [4.69, 9.17) is 20.1 Å². The van der Waals surface area contributed by atoms with E-state index in [2.05, 4.69) is 217 Å². The maximum absolute atomic E-state index is 5.32. The second kappa shape index (κ2) is 19.3. The zero-order valence-corrected chi connectivity index (χ0v) is 40.8. The van der Waals surface area contributed by atoms with Crippen molar-refractivity contribution in [3.8, 4) is 39.8 Å². The third-order valence-corrected chi connectivity index (χ3v) is 13.2. The molecule has 1 aliphatic rings. The number of allylic oxidation sites excluding steroid dienone is 3. The Morgan fingerprint density at radius 1 is 0.514 bits per heavy atom. The van der Waals surface area contributed by atoms with Gasteiger partial charge in [0.05, 0.1) is 62.2 Å². The molecule has 0 spiro atoms. The number of nitrogens with one attached hydrogen (secondary N) is 1. The Bertz CT molecular complexity index is 4130. The predicted octanol–water partition coefficient (Wildman–Crippen LogP) is 14.1. The van der Waals surface area contributed by atoms with Crippen LogP contribution in [-0.4, -0.2) is 50.3 Å².